The van der Waals surface area contributed by atoms with E-state index in [1.165, 1.54) is 6.08 Å². The maximum absolute atomic E-state index is 11.0. The van der Waals surface area contributed by atoms with Gasteiger partial charge < -0.3 is 9.30 Å². The van der Waals surface area contributed by atoms with Crippen LogP contribution in [0.15, 0.2) is 48.9 Å². The van der Waals surface area contributed by atoms with Crippen LogP contribution in [0.4, 0.5) is 0 Å². The van der Waals surface area contributed by atoms with Crippen LogP contribution in [-0.4, -0.2) is 37.7 Å². The lowest BCUT2D eigenvalue weighted by atomic mass is 10.3. The molecule has 7 nitrogen and oxygen atoms in total. The van der Waals surface area contributed by atoms with Crippen LogP contribution in [0.5, 0.6) is 5.75 Å². The molecule has 110 valence electrons. The van der Waals surface area contributed by atoms with Gasteiger partial charge in [-0.05, 0) is 30.3 Å². The summed E-state index contributed by atoms with van der Waals surface area (Å²) in [5, 5.41) is 16.6. The molecule has 0 unspecified atom stereocenters. The number of rotatable bonds is 6. The summed E-state index contributed by atoms with van der Waals surface area (Å²) in [6.07, 6.45) is 7.71. The Balaban J connectivity index is 1.90. The lowest BCUT2D eigenvalue weighted by Gasteiger charge is -2.08. The smallest absolute Gasteiger partial charge is 0.296 e. The summed E-state index contributed by atoms with van der Waals surface area (Å²) in [6, 6.07) is 7.17. The first-order valence-corrected chi connectivity index (χ1v) is 6.25. The predicted molar refractivity (Wildman–Crippen MR) is 73.6 cm³/mol. The molecule has 0 aromatic carbocycles. The first-order valence-electron chi connectivity index (χ1n) is 6.25. The Kier molecular flexibility index (Phi) is 5.08. The third-order valence-electron chi connectivity index (χ3n) is 2.71. The van der Waals surface area contributed by atoms with Crippen molar-refractivity contribution in [3.05, 3.63) is 54.6 Å². The fourth-order valence-electron chi connectivity index (χ4n) is 1.70. The molecule has 0 aliphatic carbocycles. The van der Waals surface area contributed by atoms with Gasteiger partial charge in [0.2, 0.25) is 0 Å². The van der Waals surface area contributed by atoms with Gasteiger partial charge >= 0.3 is 0 Å². The number of aromatic nitrogens is 2. The van der Waals surface area contributed by atoms with E-state index in [4.69, 9.17) is 15.2 Å². The van der Waals surface area contributed by atoms with E-state index in [1.54, 1.807) is 30.6 Å². The van der Waals surface area contributed by atoms with Crippen molar-refractivity contribution in [2.24, 2.45) is 0 Å². The summed E-state index contributed by atoms with van der Waals surface area (Å²) >= 11 is 0. The minimum atomic E-state index is -0.921. The van der Waals surface area contributed by atoms with Gasteiger partial charge in [0.05, 0.1) is 6.54 Å². The highest BCUT2D eigenvalue weighted by Crippen LogP contribution is 2.08. The molecule has 2 aromatic rings. The Morgan fingerprint density at radius 3 is 2.81 bits per heavy atom. The molecule has 0 aliphatic rings. The average molecular weight is 289 g/mol. The number of amides is 1. The number of ether oxygens (including phenoxy) is 1. The van der Waals surface area contributed by atoms with E-state index >= 15 is 0 Å². The number of hydrogen-bond acceptors (Lipinski definition) is 5. The van der Waals surface area contributed by atoms with Crippen molar-refractivity contribution < 1.29 is 19.9 Å². The van der Waals surface area contributed by atoms with Crippen LogP contribution in [-0.2, 0) is 11.3 Å². The number of hydroxylamine groups is 2. The second-order valence-corrected chi connectivity index (χ2v) is 4.12. The summed E-state index contributed by atoms with van der Waals surface area (Å²) in [7, 11) is 0. The Morgan fingerprint density at radius 1 is 1.33 bits per heavy atom. The molecule has 1 amide bonds. The summed E-state index contributed by atoms with van der Waals surface area (Å²) in [5.74, 6) is -0.184. The van der Waals surface area contributed by atoms with E-state index in [9.17, 15) is 4.79 Å². The first kappa shape index (κ1) is 14.8. The first-order chi connectivity index (χ1) is 10.2. The largest absolute Gasteiger partial charge is 0.492 e. The Bertz CT molecular complexity index is 608. The zero-order valence-electron chi connectivity index (χ0n) is 11.2. The van der Waals surface area contributed by atoms with E-state index < -0.39 is 11.1 Å². The van der Waals surface area contributed by atoms with Crippen LogP contribution >= 0.6 is 0 Å². The molecule has 2 heterocycles. The molecule has 0 atom stereocenters. The van der Waals surface area contributed by atoms with Gasteiger partial charge in [0.25, 0.3) is 5.91 Å². The maximum atomic E-state index is 11.0. The number of hydrogen-bond donors (Lipinski definition) is 2. The molecule has 21 heavy (non-hydrogen) atoms. The standard InChI is InChI=1S/C14H15N3O4/c18-14(17(19)20)4-3-12-2-1-9-16(12)10-11-21-13-5-7-15-8-6-13/h1-9,19-20H,10-11H2. The van der Waals surface area contributed by atoms with E-state index in [1.807, 2.05) is 16.8 Å². The molecule has 0 saturated carbocycles. The van der Waals surface area contributed by atoms with E-state index in [-0.39, 0.29) is 0 Å². The Hall–Kier alpha value is -2.64. The molecule has 0 spiro atoms. The minimum Gasteiger partial charge on any atom is -0.492 e. The van der Waals surface area contributed by atoms with Crippen molar-refractivity contribution in [2.45, 2.75) is 6.54 Å². The Labute approximate surface area is 121 Å². The number of carbonyl (C=O) groups is 1. The molecule has 2 aromatic heterocycles. The van der Waals surface area contributed by atoms with Crippen molar-refractivity contribution >= 4 is 12.0 Å². The van der Waals surface area contributed by atoms with Crippen molar-refractivity contribution in [1.82, 2.24) is 14.8 Å². The zero-order valence-corrected chi connectivity index (χ0v) is 11.2. The zero-order chi connectivity index (χ0) is 15.1. The van der Waals surface area contributed by atoms with E-state index in [0.717, 1.165) is 17.5 Å². The molecule has 0 radical (unpaired) electrons. The van der Waals surface area contributed by atoms with Gasteiger partial charge in [0, 0.05) is 30.4 Å². The highest BCUT2D eigenvalue weighted by molar-refractivity contribution is 5.89. The second-order valence-electron chi connectivity index (χ2n) is 4.12. The van der Waals surface area contributed by atoms with Crippen molar-refractivity contribution in [2.75, 3.05) is 6.61 Å². The average Bonchev–Trinajstić information content (AvgIpc) is 2.93. The molecule has 7 heteroatoms. The maximum Gasteiger partial charge on any atom is 0.296 e. The van der Waals surface area contributed by atoms with Crippen molar-refractivity contribution in [1.29, 1.82) is 0 Å². The topological polar surface area (TPSA) is 87.8 Å². The predicted octanol–water partition coefficient (Wildman–Crippen LogP) is 1.58. The van der Waals surface area contributed by atoms with Gasteiger partial charge in [-0.3, -0.25) is 20.2 Å². The number of nitrogens with zero attached hydrogens (tertiary/aromatic N) is 3. The van der Waals surface area contributed by atoms with E-state index in [0.29, 0.717) is 13.2 Å². The van der Waals surface area contributed by atoms with Crippen LogP contribution in [0.1, 0.15) is 5.69 Å². The van der Waals surface area contributed by atoms with Crippen LogP contribution < -0.4 is 4.74 Å². The number of carbonyl (C=O) groups excluding carboxylic acids is 1. The van der Waals surface area contributed by atoms with Crippen LogP contribution in [0.25, 0.3) is 6.08 Å². The number of pyridine rings is 1. The van der Waals surface area contributed by atoms with Crippen LogP contribution in [0.2, 0.25) is 0 Å². The SMILES string of the molecule is O=C(C=Cc1cccn1CCOc1ccncc1)N(O)O. The van der Waals surface area contributed by atoms with Gasteiger partial charge in [-0.1, -0.05) is 5.23 Å². The van der Waals surface area contributed by atoms with Crippen LogP contribution in [0.3, 0.4) is 0 Å². The lowest BCUT2D eigenvalue weighted by molar-refractivity contribution is -0.280. The normalized spacial score (nSPS) is 10.8. The van der Waals surface area contributed by atoms with Crippen molar-refractivity contribution in [3.63, 3.8) is 0 Å². The van der Waals surface area contributed by atoms with Gasteiger partial charge in [-0.2, -0.15) is 0 Å². The van der Waals surface area contributed by atoms with Crippen LogP contribution in [0, 0.1) is 0 Å². The molecule has 0 bridgehead atoms. The summed E-state index contributed by atoms with van der Waals surface area (Å²) in [6.45, 7) is 1.05. The summed E-state index contributed by atoms with van der Waals surface area (Å²) in [5.41, 5.74) is 0.753. The highest BCUT2D eigenvalue weighted by atomic mass is 16.8. The van der Waals surface area contributed by atoms with Gasteiger partial charge in [-0.15, -0.1) is 0 Å². The highest BCUT2D eigenvalue weighted by Gasteiger charge is 2.03. The third-order valence-corrected chi connectivity index (χ3v) is 2.71. The molecule has 0 fully saturated rings. The lowest BCUT2D eigenvalue weighted by Crippen LogP contribution is -2.20. The van der Waals surface area contributed by atoms with Gasteiger partial charge in [0.15, 0.2) is 0 Å². The molecule has 2 rings (SSSR count). The Morgan fingerprint density at radius 2 is 2.10 bits per heavy atom. The molecule has 0 aliphatic heterocycles. The summed E-state index contributed by atoms with van der Waals surface area (Å²) < 4.78 is 7.44. The molecule has 2 N–H and O–H groups in total. The fraction of sp³-hybridized carbons (Fsp3) is 0.143. The molecule has 0 saturated heterocycles. The van der Waals surface area contributed by atoms with E-state index in [2.05, 4.69) is 4.98 Å². The minimum absolute atomic E-state index is 0.458. The molecular weight excluding hydrogens is 274 g/mol. The monoisotopic (exact) mass is 289 g/mol. The van der Waals surface area contributed by atoms with Gasteiger partial charge in [0.1, 0.15) is 12.4 Å². The molecular formula is C14H15N3O4. The second kappa shape index (κ2) is 7.22. The quantitative estimate of drug-likeness (QED) is 0.479. The third kappa shape index (κ3) is 4.44. The van der Waals surface area contributed by atoms with Crippen molar-refractivity contribution in [3.8, 4) is 5.75 Å². The fourth-order valence-corrected chi connectivity index (χ4v) is 1.70. The van der Waals surface area contributed by atoms with Gasteiger partial charge in [-0.25, -0.2) is 0 Å². The summed E-state index contributed by atoms with van der Waals surface area (Å²) in [4.78, 5) is 14.9.